The Bertz CT molecular complexity index is 662. The van der Waals surface area contributed by atoms with Crippen LogP contribution in [0.5, 0.6) is 11.5 Å². The van der Waals surface area contributed by atoms with E-state index in [2.05, 4.69) is 34.1 Å². The molecule has 1 aromatic heterocycles. The summed E-state index contributed by atoms with van der Waals surface area (Å²) in [6.07, 6.45) is 0. The first-order valence-corrected chi connectivity index (χ1v) is 7.95. The molecule has 130 valence electrons. The van der Waals surface area contributed by atoms with E-state index in [-0.39, 0.29) is 5.92 Å². The predicted molar refractivity (Wildman–Crippen MR) is 95.7 cm³/mol. The normalized spacial score (nSPS) is 10.6. The van der Waals surface area contributed by atoms with Crippen LogP contribution in [0.25, 0.3) is 0 Å². The van der Waals surface area contributed by atoms with Gasteiger partial charge >= 0.3 is 0 Å². The van der Waals surface area contributed by atoms with Gasteiger partial charge in [0, 0.05) is 31.8 Å². The van der Waals surface area contributed by atoms with E-state index in [1.165, 1.54) is 0 Å². The topological polar surface area (TPSA) is 72.4 Å². The fraction of sp³-hybridized carbons (Fsp3) is 0.471. The van der Waals surface area contributed by atoms with Gasteiger partial charge in [-0.2, -0.15) is 15.0 Å². The van der Waals surface area contributed by atoms with Crippen LogP contribution in [-0.2, 0) is 0 Å². The molecule has 0 fully saturated rings. The summed E-state index contributed by atoms with van der Waals surface area (Å²) in [6.45, 7) is 6.63. The van der Waals surface area contributed by atoms with E-state index >= 15 is 0 Å². The first kappa shape index (κ1) is 17.8. The number of nitrogens with zero attached hydrogens (tertiary/aromatic N) is 4. The smallest absolute Gasteiger partial charge is 0.232 e. The van der Waals surface area contributed by atoms with Crippen LogP contribution in [-0.4, -0.2) is 42.8 Å². The highest BCUT2D eigenvalue weighted by Crippen LogP contribution is 2.31. The van der Waals surface area contributed by atoms with Gasteiger partial charge in [-0.25, -0.2) is 0 Å². The van der Waals surface area contributed by atoms with Crippen molar-refractivity contribution in [2.24, 2.45) is 0 Å². The lowest BCUT2D eigenvalue weighted by atomic mass is 10.2. The molecule has 0 aliphatic carbocycles. The third kappa shape index (κ3) is 4.24. The van der Waals surface area contributed by atoms with E-state index in [4.69, 9.17) is 9.47 Å². The van der Waals surface area contributed by atoms with Gasteiger partial charge in [0.25, 0.3) is 0 Å². The predicted octanol–water partition coefficient (Wildman–Crippen LogP) is 3.21. The second-order valence-corrected chi connectivity index (χ2v) is 5.79. The van der Waals surface area contributed by atoms with E-state index in [0.29, 0.717) is 30.0 Å². The Balaban J connectivity index is 2.33. The van der Waals surface area contributed by atoms with Gasteiger partial charge in [0.15, 0.2) is 11.5 Å². The molecule has 2 rings (SSSR count). The average Bonchev–Trinajstić information content (AvgIpc) is 2.56. The van der Waals surface area contributed by atoms with Crippen molar-refractivity contribution in [2.45, 2.75) is 26.7 Å². The first-order chi connectivity index (χ1) is 11.4. The van der Waals surface area contributed by atoms with E-state index < -0.39 is 0 Å². The van der Waals surface area contributed by atoms with E-state index in [9.17, 15) is 0 Å². The summed E-state index contributed by atoms with van der Waals surface area (Å²) in [5, 5.41) is 3.21. The van der Waals surface area contributed by atoms with Gasteiger partial charge in [0.1, 0.15) is 5.82 Å². The molecular formula is C17H25N5O2. The summed E-state index contributed by atoms with van der Waals surface area (Å²) in [5.74, 6) is 3.44. The van der Waals surface area contributed by atoms with Crippen molar-refractivity contribution in [1.29, 1.82) is 0 Å². The summed E-state index contributed by atoms with van der Waals surface area (Å²) in [4.78, 5) is 15.3. The second kappa shape index (κ2) is 7.81. The SMILES string of the molecule is CCOc1ccc(Nc2nc(C(C)C)nc(N(C)C)n2)cc1OC. The Labute approximate surface area is 143 Å². The van der Waals surface area contributed by atoms with Crippen LogP contribution in [0.15, 0.2) is 18.2 Å². The van der Waals surface area contributed by atoms with E-state index in [1.807, 2.05) is 44.1 Å². The largest absolute Gasteiger partial charge is 0.493 e. The van der Waals surface area contributed by atoms with Crippen LogP contribution in [0, 0.1) is 0 Å². The molecule has 7 nitrogen and oxygen atoms in total. The van der Waals surface area contributed by atoms with Gasteiger partial charge in [-0.3, -0.25) is 0 Å². The van der Waals surface area contributed by atoms with Crippen LogP contribution in [0.1, 0.15) is 32.5 Å². The fourth-order valence-corrected chi connectivity index (χ4v) is 2.04. The number of hydrogen-bond acceptors (Lipinski definition) is 7. The maximum Gasteiger partial charge on any atom is 0.232 e. The molecule has 7 heteroatoms. The Hall–Kier alpha value is -2.57. The molecule has 0 bridgehead atoms. The quantitative estimate of drug-likeness (QED) is 0.835. The Morgan fingerprint density at radius 2 is 1.88 bits per heavy atom. The molecule has 0 atom stereocenters. The molecule has 0 aliphatic rings. The van der Waals surface area contributed by atoms with Crippen molar-refractivity contribution in [2.75, 3.05) is 38.0 Å². The number of rotatable bonds is 7. The molecule has 0 unspecified atom stereocenters. The summed E-state index contributed by atoms with van der Waals surface area (Å²) in [6, 6.07) is 5.63. The van der Waals surface area contributed by atoms with Crippen LogP contribution in [0.2, 0.25) is 0 Å². The van der Waals surface area contributed by atoms with Crippen molar-refractivity contribution in [3.05, 3.63) is 24.0 Å². The molecule has 24 heavy (non-hydrogen) atoms. The average molecular weight is 331 g/mol. The zero-order valence-electron chi connectivity index (χ0n) is 15.1. The van der Waals surface area contributed by atoms with Crippen LogP contribution in [0.4, 0.5) is 17.6 Å². The summed E-state index contributed by atoms with van der Waals surface area (Å²) in [7, 11) is 5.43. The highest BCUT2D eigenvalue weighted by Gasteiger charge is 2.12. The summed E-state index contributed by atoms with van der Waals surface area (Å²) >= 11 is 0. The molecule has 0 amide bonds. The molecule has 2 aromatic rings. The summed E-state index contributed by atoms with van der Waals surface area (Å²) < 4.78 is 10.9. The lowest BCUT2D eigenvalue weighted by Crippen LogP contribution is -2.16. The monoisotopic (exact) mass is 331 g/mol. The zero-order valence-corrected chi connectivity index (χ0v) is 15.1. The Morgan fingerprint density at radius 1 is 1.12 bits per heavy atom. The standard InChI is InChI=1S/C17H25N5O2/c1-7-24-13-9-8-12(10-14(13)23-6)18-16-19-15(11(2)3)20-17(21-16)22(4)5/h8-11H,7H2,1-6H3,(H,18,19,20,21). The van der Waals surface area contributed by atoms with Gasteiger partial charge in [0.2, 0.25) is 11.9 Å². The van der Waals surface area contributed by atoms with Gasteiger partial charge in [-0.1, -0.05) is 13.8 Å². The number of anilines is 3. The third-order valence-electron chi connectivity index (χ3n) is 3.28. The molecule has 0 saturated heterocycles. The minimum absolute atomic E-state index is 0.210. The highest BCUT2D eigenvalue weighted by molar-refractivity contribution is 5.60. The third-order valence-corrected chi connectivity index (χ3v) is 3.28. The zero-order chi connectivity index (χ0) is 17.7. The molecule has 1 aromatic carbocycles. The van der Waals surface area contributed by atoms with Crippen molar-refractivity contribution < 1.29 is 9.47 Å². The minimum atomic E-state index is 0.210. The minimum Gasteiger partial charge on any atom is -0.493 e. The van der Waals surface area contributed by atoms with Gasteiger partial charge in [-0.05, 0) is 19.1 Å². The van der Waals surface area contributed by atoms with Gasteiger partial charge < -0.3 is 19.7 Å². The number of ether oxygens (including phenoxy) is 2. The Morgan fingerprint density at radius 3 is 2.46 bits per heavy atom. The fourth-order valence-electron chi connectivity index (χ4n) is 2.04. The highest BCUT2D eigenvalue weighted by atomic mass is 16.5. The van der Waals surface area contributed by atoms with Crippen LogP contribution < -0.4 is 19.7 Å². The van der Waals surface area contributed by atoms with Gasteiger partial charge in [0.05, 0.1) is 13.7 Å². The maximum absolute atomic E-state index is 5.53. The number of benzene rings is 1. The first-order valence-electron chi connectivity index (χ1n) is 7.95. The maximum atomic E-state index is 5.53. The number of aromatic nitrogens is 3. The lowest BCUT2D eigenvalue weighted by molar-refractivity contribution is 0.311. The molecule has 0 saturated carbocycles. The molecule has 1 heterocycles. The number of methoxy groups -OCH3 is 1. The van der Waals surface area contributed by atoms with Crippen molar-refractivity contribution in [3.8, 4) is 11.5 Å². The van der Waals surface area contributed by atoms with E-state index in [0.717, 1.165) is 11.5 Å². The second-order valence-electron chi connectivity index (χ2n) is 5.79. The molecule has 1 N–H and O–H groups in total. The van der Waals surface area contributed by atoms with Crippen LogP contribution in [0.3, 0.4) is 0 Å². The number of hydrogen-bond donors (Lipinski definition) is 1. The Kier molecular flexibility index (Phi) is 5.78. The van der Waals surface area contributed by atoms with E-state index in [1.54, 1.807) is 7.11 Å². The molecule has 0 aliphatic heterocycles. The lowest BCUT2D eigenvalue weighted by Gasteiger charge is -2.15. The molecular weight excluding hydrogens is 306 g/mol. The molecule has 0 radical (unpaired) electrons. The van der Waals surface area contributed by atoms with Crippen molar-refractivity contribution in [1.82, 2.24) is 15.0 Å². The van der Waals surface area contributed by atoms with Gasteiger partial charge in [-0.15, -0.1) is 0 Å². The van der Waals surface area contributed by atoms with Crippen molar-refractivity contribution >= 4 is 17.6 Å². The summed E-state index contributed by atoms with van der Waals surface area (Å²) in [5.41, 5.74) is 0.820. The molecule has 0 spiro atoms. The van der Waals surface area contributed by atoms with Crippen LogP contribution >= 0.6 is 0 Å². The van der Waals surface area contributed by atoms with Crippen molar-refractivity contribution in [3.63, 3.8) is 0 Å². The number of nitrogens with one attached hydrogen (secondary N) is 1.